The number of ether oxygens (including phenoxy) is 1. The molecule has 7 nitrogen and oxygen atoms in total. The van der Waals surface area contributed by atoms with Crippen molar-refractivity contribution in [2.45, 2.75) is 33.4 Å². The van der Waals surface area contributed by atoms with Crippen molar-refractivity contribution in [1.82, 2.24) is 9.13 Å². The van der Waals surface area contributed by atoms with Crippen LogP contribution in [-0.2, 0) is 22.6 Å². The van der Waals surface area contributed by atoms with E-state index in [1.54, 1.807) is 34.3 Å². The topological polar surface area (TPSA) is 82.3 Å². The number of hydrogen-bond donors (Lipinski definition) is 1. The highest BCUT2D eigenvalue weighted by Gasteiger charge is 2.14. The van der Waals surface area contributed by atoms with E-state index in [2.05, 4.69) is 5.32 Å². The molecule has 0 spiro atoms. The normalized spacial score (nSPS) is 10.8. The van der Waals surface area contributed by atoms with E-state index >= 15 is 0 Å². The van der Waals surface area contributed by atoms with Gasteiger partial charge in [-0.3, -0.25) is 13.9 Å². The van der Waals surface area contributed by atoms with Crippen LogP contribution in [0.4, 0.5) is 5.69 Å². The Labute approximate surface area is 162 Å². The van der Waals surface area contributed by atoms with Crippen LogP contribution < -0.4 is 11.0 Å². The van der Waals surface area contributed by atoms with Crippen molar-refractivity contribution < 1.29 is 14.3 Å². The lowest BCUT2D eigenvalue weighted by molar-refractivity contribution is -0.116. The minimum absolute atomic E-state index is 0.116. The number of carbonyl (C=O) groups excluding carboxylic acids is 2. The first-order chi connectivity index (χ1) is 13.5. The van der Waals surface area contributed by atoms with Crippen molar-refractivity contribution in [2.75, 3.05) is 12.4 Å². The smallest absolute Gasteiger partial charge is 0.337 e. The monoisotopic (exact) mass is 381 g/mol. The largest absolute Gasteiger partial charge is 0.465 e. The SMILES string of the molecule is CCn1c(=O)n(CCC(=O)Nc2ccc(C(=O)OC)cc2C)c2ccccc21. The average molecular weight is 381 g/mol. The number of anilines is 1. The van der Waals surface area contributed by atoms with Gasteiger partial charge in [-0.25, -0.2) is 9.59 Å². The average Bonchev–Trinajstić information content (AvgIpc) is 2.97. The highest BCUT2D eigenvalue weighted by atomic mass is 16.5. The van der Waals surface area contributed by atoms with E-state index in [9.17, 15) is 14.4 Å². The van der Waals surface area contributed by atoms with E-state index < -0.39 is 5.97 Å². The van der Waals surface area contributed by atoms with Crippen LogP contribution in [-0.4, -0.2) is 28.1 Å². The van der Waals surface area contributed by atoms with E-state index in [-0.39, 0.29) is 24.6 Å². The summed E-state index contributed by atoms with van der Waals surface area (Å²) in [5.74, 6) is -0.623. The van der Waals surface area contributed by atoms with E-state index in [0.29, 0.717) is 17.8 Å². The summed E-state index contributed by atoms with van der Waals surface area (Å²) in [6.07, 6.45) is 0.163. The Morgan fingerprint density at radius 1 is 1.07 bits per heavy atom. The Bertz CT molecular complexity index is 1090. The predicted molar refractivity (Wildman–Crippen MR) is 108 cm³/mol. The zero-order chi connectivity index (χ0) is 20.3. The van der Waals surface area contributed by atoms with Gasteiger partial charge < -0.3 is 10.1 Å². The quantitative estimate of drug-likeness (QED) is 0.666. The number of amides is 1. The fraction of sp³-hybridized carbons (Fsp3) is 0.286. The van der Waals surface area contributed by atoms with Crippen LogP contribution >= 0.6 is 0 Å². The fourth-order valence-corrected chi connectivity index (χ4v) is 3.27. The van der Waals surface area contributed by atoms with E-state index in [0.717, 1.165) is 16.6 Å². The highest BCUT2D eigenvalue weighted by molar-refractivity contribution is 5.94. The van der Waals surface area contributed by atoms with Crippen LogP contribution in [0.15, 0.2) is 47.3 Å². The van der Waals surface area contributed by atoms with E-state index in [4.69, 9.17) is 4.74 Å². The van der Waals surface area contributed by atoms with Gasteiger partial charge in [-0.1, -0.05) is 12.1 Å². The molecule has 0 radical (unpaired) electrons. The molecule has 0 unspecified atom stereocenters. The van der Waals surface area contributed by atoms with Crippen molar-refractivity contribution >= 4 is 28.6 Å². The molecule has 1 aromatic heterocycles. The summed E-state index contributed by atoms with van der Waals surface area (Å²) in [7, 11) is 1.32. The van der Waals surface area contributed by atoms with Crippen LogP contribution in [0.25, 0.3) is 11.0 Å². The number of nitrogens with zero attached hydrogens (tertiary/aromatic N) is 2. The summed E-state index contributed by atoms with van der Waals surface area (Å²) < 4.78 is 8.02. The molecule has 0 fully saturated rings. The van der Waals surface area contributed by atoms with Crippen molar-refractivity contribution in [3.05, 3.63) is 64.1 Å². The lowest BCUT2D eigenvalue weighted by Crippen LogP contribution is -2.25. The number of methoxy groups -OCH3 is 1. The zero-order valence-corrected chi connectivity index (χ0v) is 16.2. The summed E-state index contributed by atoms with van der Waals surface area (Å²) in [6.45, 7) is 4.59. The summed E-state index contributed by atoms with van der Waals surface area (Å²) in [4.78, 5) is 36.6. The van der Waals surface area contributed by atoms with Gasteiger partial charge in [-0.05, 0) is 49.7 Å². The number of imidazole rings is 1. The van der Waals surface area contributed by atoms with Gasteiger partial charge in [-0.15, -0.1) is 0 Å². The maximum atomic E-state index is 12.6. The summed E-state index contributed by atoms with van der Waals surface area (Å²) >= 11 is 0. The highest BCUT2D eigenvalue weighted by Crippen LogP contribution is 2.18. The Morgan fingerprint density at radius 3 is 2.36 bits per heavy atom. The Hall–Kier alpha value is -3.35. The molecule has 28 heavy (non-hydrogen) atoms. The van der Waals surface area contributed by atoms with Gasteiger partial charge >= 0.3 is 11.7 Å². The number of para-hydroxylation sites is 2. The minimum Gasteiger partial charge on any atom is -0.465 e. The number of rotatable bonds is 6. The molecule has 2 aromatic carbocycles. The van der Waals surface area contributed by atoms with Gasteiger partial charge in [-0.2, -0.15) is 0 Å². The molecule has 7 heteroatoms. The molecule has 3 rings (SSSR count). The predicted octanol–water partition coefficient (Wildman–Crippen LogP) is 2.95. The van der Waals surface area contributed by atoms with E-state index in [1.807, 2.05) is 31.2 Å². The Kier molecular flexibility index (Phi) is 5.63. The molecule has 1 heterocycles. The molecule has 0 atom stereocenters. The summed E-state index contributed by atoms with van der Waals surface area (Å²) in [5, 5.41) is 2.84. The van der Waals surface area contributed by atoms with Gasteiger partial charge in [0.05, 0.1) is 23.7 Å². The first kappa shape index (κ1) is 19.4. The number of nitrogens with one attached hydrogen (secondary N) is 1. The van der Waals surface area contributed by atoms with Crippen LogP contribution in [0.3, 0.4) is 0 Å². The van der Waals surface area contributed by atoms with Gasteiger partial charge in [0.1, 0.15) is 0 Å². The first-order valence-corrected chi connectivity index (χ1v) is 9.13. The number of esters is 1. The van der Waals surface area contributed by atoms with Gasteiger partial charge in [0.2, 0.25) is 5.91 Å². The standard InChI is InChI=1S/C21H23N3O4/c1-4-23-17-7-5-6-8-18(17)24(21(23)27)12-11-19(25)22-16-10-9-15(13-14(16)2)20(26)28-3/h5-10,13H,4,11-12H2,1-3H3,(H,22,25). The van der Waals surface area contributed by atoms with Gasteiger partial charge in [0.25, 0.3) is 0 Å². The fourth-order valence-electron chi connectivity index (χ4n) is 3.27. The Balaban J connectivity index is 1.74. The lowest BCUT2D eigenvalue weighted by Gasteiger charge is -2.10. The number of carbonyl (C=O) groups is 2. The number of aromatic nitrogens is 2. The molecule has 0 saturated heterocycles. The second-order valence-electron chi connectivity index (χ2n) is 6.49. The summed E-state index contributed by atoms with van der Waals surface area (Å²) in [5.41, 5.74) is 3.38. The van der Waals surface area contributed by atoms with Gasteiger partial charge in [0.15, 0.2) is 0 Å². The number of fused-ring (bicyclic) bond motifs is 1. The second kappa shape index (κ2) is 8.12. The van der Waals surface area contributed by atoms with Crippen LogP contribution in [0.2, 0.25) is 0 Å². The summed E-state index contributed by atoms with van der Waals surface area (Å²) in [6, 6.07) is 12.5. The maximum absolute atomic E-state index is 12.6. The molecule has 0 aliphatic rings. The molecule has 1 N–H and O–H groups in total. The molecular weight excluding hydrogens is 358 g/mol. The molecule has 0 bridgehead atoms. The third-order valence-electron chi connectivity index (χ3n) is 4.73. The Morgan fingerprint density at radius 2 is 1.75 bits per heavy atom. The molecular formula is C21H23N3O4. The molecule has 0 aliphatic carbocycles. The van der Waals surface area contributed by atoms with E-state index in [1.165, 1.54) is 7.11 Å². The number of benzene rings is 2. The van der Waals surface area contributed by atoms with Crippen molar-refractivity contribution in [1.29, 1.82) is 0 Å². The van der Waals surface area contributed by atoms with Gasteiger partial charge in [0, 0.05) is 25.2 Å². The molecule has 146 valence electrons. The maximum Gasteiger partial charge on any atom is 0.337 e. The first-order valence-electron chi connectivity index (χ1n) is 9.13. The third kappa shape index (κ3) is 3.69. The third-order valence-corrected chi connectivity index (χ3v) is 4.73. The van der Waals surface area contributed by atoms with Crippen LogP contribution in [0.1, 0.15) is 29.3 Å². The molecule has 3 aromatic rings. The molecule has 1 amide bonds. The van der Waals surface area contributed by atoms with Crippen molar-refractivity contribution in [2.24, 2.45) is 0 Å². The number of aryl methyl sites for hydroxylation is 3. The molecule has 0 saturated carbocycles. The zero-order valence-electron chi connectivity index (χ0n) is 16.2. The van der Waals surface area contributed by atoms with Crippen LogP contribution in [0.5, 0.6) is 0 Å². The van der Waals surface area contributed by atoms with Crippen molar-refractivity contribution in [3.63, 3.8) is 0 Å². The van der Waals surface area contributed by atoms with Crippen LogP contribution in [0, 0.1) is 6.92 Å². The second-order valence-corrected chi connectivity index (χ2v) is 6.49. The number of hydrogen-bond acceptors (Lipinski definition) is 4. The van der Waals surface area contributed by atoms with Crippen molar-refractivity contribution in [3.8, 4) is 0 Å². The molecule has 0 aliphatic heterocycles. The lowest BCUT2D eigenvalue weighted by atomic mass is 10.1. The minimum atomic E-state index is -0.423.